The zero-order chi connectivity index (χ0) is 8.97. The molecule has 1 heterocycles. The molecule has 0 aliphatic rings. The zero-order valence-electron chi connectivity index (χ0n) is 6.83. The van der Waals surface area contributed by atoms with Crippen LogP contribution in [-0.4, -0.2) is 8.36 Å². The van der Waals surface area contributed by atoms with Gasteiger partial charge in [-0.05, 0) is 25.1 Å². The van der Waals surface area contributed by atoms with Crippen molar-refractivity contribution in [3.05, 3.63) is 36.2 Å². The predicted octanol–water partition coefficient (Wildman–Crippen LogP) is 2.31. The first-order chi connectivity index (χ1) is 5.70. The van der Waals surface area contributed by atoms with Gasteiger partial charge in [0.25, 0.3) is 0 Å². The van der Waals surface area contributed by atoms with Crippen molar-refractivity contribution < 1.29 is 4.79 Å². The number of halogens is 1. The first-order valence-corrected chi connectivity index (χ1v) is 4.76. The maximum absolute atomic E-state index is 10.5. The third-order valence-electron chi connectivity index (χ3n) is 1.61. The Balaban J connectivity index is 2.54. The summed E-state index contributed by atoms with van der Waals surface area (Å²) in [6, 6.07) is 4.04. The minimum Gasteiger partial charge on any atom is -0.348 e. The standard InChI is InChI=1S/C9H10INO/c1-8-4-2-6-11(8)7-3-5-9(10)12/h2-6H,7H2,1H3/b5-3+. The van der Waals surface area contributed by atoms with Crippen molar-refractivity contribution in [2.45, 2.75) is 13.5 Å². The summed E-state index contributed by atoms with van der Waals surface area (Å²) < 4.78 is 2.15. The van der Waals surface area contributed by atoms with Crippen LogP contribution in [0.4, 0.5) is 0 Å². The second kappa shape index (κ2) is 4.45. The second-order valence-electron chi connectivity index (χ2n) is 2.51. The van der Waals surface area contributed by atoms with Crippen LogP contribution in [0.3, 0.4) is 0 Å². The number of allylic oxidation sites excluding steroid dienone is 2. The van der Waals surface area contributed by atoms with Gasteiger partial charge in [-0.2, -0.15) is 0 Å². The topological polar surface area (TPSA) is 22.0 Å². The summed E-state index contributed by atoms with van der Waals surface area (Å²) in [5.41, 5.74) is 1.21. The van der Waals surface area contributed by atoms with Gasteiger partial charge >= 0.3 is 0 Å². The van der Waals surface area contributed by atoms with Crippen LogP contribution >= 0.6 is 22.6 Å². The predicted molar refractivity (Wildman–Crippen MR) is 57.3 cm³/mol. The van der Waals surface area contributed by atoms with Crippen LogP contribution in [-0.2, 0) is 11.3 Å². The Morgan fingerprint density at radius 2 is 2.50 bits per heavy atom. The Hall–Kier alpha value is -0.580. The molecule has 0 radical (unpaired) electrons. The molecule has 2 nitrogen and oxygen atoms in total. The molecule has 0 fully saturated rings. The molecule has 0 aromatic carbocycles. The minimum absolute atomic E-state index is 0.0670. The number of rotatable bonds is 3. The van der Waals surface area contributed by atoms with E-state index in [4.69, 9.17) is 0 Å². The van der Waals surface area contributed by atoms with Gasteiger partial charge in [-0.3, -0.25) is 4.79 Å². The number of nitrogens with zero attached hydrogens (tertiary/aromatic N) is 1. The first-order valence-electron chi connectivity index (χ1n) is 3.68. The molecule has 0 aliphatic heterocycles. The maximum atomic E-state index is 10.5. The normalized spacial score (nSPS) is 10.8. The Kier molecular flexibility index (Phi) is 3.52. The largest absolute Gasteiger partial charge is 0.348 e. The molecule has 3 heteroatoms. The van der Waals surface area contributed by atoms with E-state index in [2.05, 4.69) is 4.57 Å². The average Bonchev–Trinajstić information content (AvgIpc) is 2.36. The third kappa shape index (κ3) is 2.81. The summed E-state index contributed by atoms with van der Waals surface area (Å²) in [6.07, 6.45) is 5.44. The van der Waals surface area contributed by atoms with E-state index < -0.39 is 0 Å². The lowest BCUT2D eigenvalue weighted by atomic mass is 10.4. The van der Waals surface area contributed by atoms with Crippen molar-refractivity contribution in [1.29, 1.82) is 0 Å². The molecule has 64 valence electrons. The highest BCUT2D eigenvalue weighted by Gasteiger charge is 1.91. The van der Waals surface area contributed by atoms with Gasteiger partial charge < -0.3 is 4.57 Å². The van der Waals surface area contributed by atoms with Crippen LogP contribution in [0.25, 0.3) is 0 Å². The van der Waals surface area contributed by atoms with Gasteiger partial charge in [0, 0.05) is 41.0 Å². The van der Waals surface area contributed by atoms with Gasteiger partial charge in [-0.15, -0.1) is 0 Å². The van der Waals surface area contributed by atoms with E-state index in [9.17, 15) is 4.79 Å². The van der Waals surface area contributed by atoms with E-state index in [1.807, 2.05) is 31.3 Å². The summed E-state index contributed by atoms with van der Waals surface area (Å²) in [7, 11) is 0. The highest BCUT2D eigenvalue weighted by Crippen LogP contribution is 2.00. The quantitative estimate of drug-likeness (QED) is 0.471. The van der Waals surface area contributed by atoms with Gasteiger partial charge in [-0.25, -0.2) is 0 Å². The molecule has 1 aromatic rings. The Morgan fingerprint density at radius 1 is 1.75 bits per heavy atom. The average molecular weight is 275 g/mol. The molecule has 0 atom stereocenters. The van der Waals surface area contributed by atoms with Crippen LogP contribution in [0.15, 0.2) is 30.5 Å². The smallest absolute Gasteiger partial charge is 0.214 e. The fourth-order valence-corrected chi connectivity index (χ4v) is 1.22. The van der Waals surface area contributed by atoms with Crippen molar-refractivity contribution in [2.75, 3.05) is 0 Å². The Labute approximate surface area is 85.4 Å². The zero-order valence-corrected chi connectivity index (χ0v) is 8.98. The van der Waals surface area contributed by atoms with E-state index in [1.54, 1.807) is 28.7 Å². The van der Waals surface area contributed by atoms with Crippen LogP contribution in [0.5, 0.6) is 0 Å². The molecule has 0 amide bonds. The van der Waals surface area contributed by atoms with Gasteiger partial charge in [0.15, 0.2) is 0 Å². The van der Waals surface area contributed by atoms with Crippen molar-refractivity contribution in [3.63, 3.8) is 0 Å². The van der Waals surface area contributed by atoms with Crippen LogP contribution in [0.1, 0.15) is 5.69 Å². The lowest BCUT2D eigenvalue weighted by Gasteiger charge is -1.99. The first kappa shape index (κ1) is 9.51. The maximum Gasteiger partial charge on any atom is 0.214 e. The Morgan fingerprint density at radius 3 is 3.00 bits per heavy atom. The molecule has 1 rings (SSSR count). The van der Waals surface area contributed by atoms with Crippen LogP contribution in [0, 0.1) is 6.92 Å². The van der Waals surface area contributed by atoms with Crippen molar-refractivity contribution >= 4 is 26.4 Å². The molecule has 0 aliphatic carbocycles. The molecule has 1 aromatic heterocycles. The summed E-state index contributed by atoms with van der Waals surface area (Å²) in [6.45, 7) is 2.81. The van der Waals surface area contributed by atoms with Gasteiger partial charge in [0.05, 0.1) is 0 Å². The molecule has 0 saturated heterocycles. The SMILES string of the molecule is Cc1cccn1C/C=C/C(=O)I. The van der Waals surface area contributed by atoms with Crippen LogP contribution in [0.2, 0.25) is 0 Å². The molecule has 0 unspecified atom stereocenters. The van der Waals surface area contributed by atoms with Crippen molar-refractivity contribution in [3.8, 4) is 0 Å². The molecular formula is C9H10INO. The molecule has 0 spiro atoms. The van der Waals surface area contributed by atoms with Gasteiger partial charge in [0.1, 0.15) is 0 Å². The van der Waals surface area contributed by atoms with Crippen molar-refractivity contribution in [2.24, 2.45) is 0 Å². The molecule has 0 saturated carbocycles. The molecule has 0 N–H and O–H groups in total. The van der Waals surface area contributed by atoms with Gasteiger partial charge in [0.2, 0.25) is 3.79 Å². The number of hydrogen-bond donors (Lipinski definition) is 0. The fraction of sp³-hybridized carbons (Fsp3) is 0.222. The van der Waals surface area contributed by atoms with E-state index in [0.29, 0.717) is 0 Å². The van der Waals surface area contributed by atoms with E-state index in [1.165, 1.54) is 5.69 Å². The number of aryl methyl sites for hydroxylation is 1. The highest BCUT2D eigenvalue weighted by molar-refractivity contribution is 14.1. The minimum atomic E-state index is 0.0670. The third-order valence-corrected chi connectivity index (χ3v) is 1.97. The monoisotopic (exact) mass is 275 g/mol. The number of hydrogen-bond acceptors (Lipinski definition) is 1. The Bertz CT molecular complexity index is 301. The number of carbonyl (C=O) groups is 1. The van der Waals surface area contributed by atoms with Crippen LogP contribution < -0.4 is 0 Å². The highest BCUT2D eigenvalue weighted by atomic mass is 127. The molecule has 12 heavy (non-hydrogen) atoms. The summed E-state index contributed by atoms with van der Waals surface area (Å²) in [5, 5.41) is 0. The van der Waals surface area contributed by atoms with Gasteiger partial charge in [-0.1, -0.05) is 6.08 Å². The lowest BCUT2D eigenvalue weighted by Crippen LogP contribution is -1.95. The number of aromatic nitrogens is 1. The summed E-state index contributed by atoms with van der Waals surface area (Å²) in [4.78, 5) is 10.5. The molecule has 0 bridgehead atoms. The summed E-state index contributed by atoms with van der Waals surface area (Å²) >= 11 is 1.76. The van der Waals surface area contributed by atoms with E-state index in [-0.39, 0.29) is 3.79 Å². The van der Waals surface area contributed by atoms with E-state index >= 15 is 0 Å². The second-order valence-corrected chi connectivity index (χ2v) is 3.57. The van der Waals surface area contributed by atoms with E-state index in [0.717, 1.165) is 6.54 Å². The number of carbonyl (C=O) groups excluding carboxylic acids is 1. The van der Waals surface area contributed by atoms with Crippen molar-refractivity contribution in [1.82, 2.24) is 4.57 Å². The fourth-order valence-electron chi connectivity index (χ4n) is 0.963. The molecular weight excluding hydrogens is 265 g/mol. The lowest BCUT2D eigenvalue weighted by molar-refractivity contribution is -0.105. The summed E-state index contributed by atoms with van der Waals surface area (Å²) in [5.74, 6) is 0.